The number of anilines is 1. The number of piperidine rings is 1. The molecule has 21 heavy (non-hydrogen) atoms. The fourth-order valence-corrected chi connectivity index (χ4v) is 3.04. The maximum Gasteiger partial charge on any atom is 0.245 e. The predicted octanol–water partition coefficient (Wildman–Crippen LogP) is 2.77. The van der Waals surface area contributed by atoms with Gasteiger partial charge in [0.05, 0.1) is 6.61 Å². The van der Waals surface area contributed by atoms with Crippen LogP contribution in [0.1, 0.15) is 45.1 Å². The van der Waals surface area contributed by atoms with E-state index >= 15 is 0 Å². The van der Waals surface area contributed by atoms with Crippen LogP contribution in [0.15, 0.2) is 24.3 Å². The zero-order valence-corrected chi connectivity index (χ0v) is 13.0. The molecule has 2 rings (SSSR count). The standard InChI is InChI=1S/C17H26N2O2/c1-3-16-9-4-5-10-19(16)17(21)13(2)18-15-8-6-7-14(11-15)12-20/h6-8,11,13,16,18,20H,3-5,9-10,12H2,1-2H3. The SMILES string of the molecule is CCC1CCCCN1C(=O)C(C)Nc1cccc(CO)c1. The molecule has 4 heteroatoms. The van der Waals surface area contributed by atoms with Crippen LogP contribution in [0.3, 0.4) is 0 Å². The number of benzene rings is 1. The third-order valence-electron chi connectivity index (χ3n) is 4.24. The van der Waals surface area contributed by atoms with Gasteiger partial charge in [0.1, 0.15) is 6.04 Å². The van der Waals surface area contributed by atoms with E-state index < -0.39 is 0 Å². The van der Waals surface area contributed by atoms with E-state index in [1.807, 2.05) is 36.1 Å². The molecule has 0 aromatic heterocycles. The zero-order chi connectivity index (χ0) is 15.2. The second-order valence-corrected chi connectivity index (χ2v) is 5.81. The summed E-state index contributed by atoms with van der Waals surface area (Å²) in [6.45, 7) is 4.95. The molecule has 1 aromatic carbocycles. The molecule has 116 valence electrons. The zero-order valence-electron chi connectivity index (χ0n) is 13.0. The Morgan fingerprint density at radius 1 is 1.48 bits per heavy atom. The Morgan fingerprint density at radius 2 is 2.29 bits per heavy atom. The summed E-state index contributed by atoms with van der Waals surface area (Å²) in [6, 6.07) is 7.72. The lowest BCUT2D eigenvalue weighted by atomic mass is 9.99. The van der Waals surface area contributed by atoms with Crippen molar-refractivity contribution in [2.75, 3.05) is 11.9 Å². The van der Waals surface area contributed by atoms with Gasteiger partial charge in [0.2, 0.25) is 5.91 Å². The number of carbonyl (C=O) groups is 1. The number of aliphatic hydroxyl groups excluding tert-OH is 1. The quantitative estimate of drug-likeness (QED) is 0.876. The number of hydrogen-bond acceptors (Lipinski definition) is 3. The maximum absolute atomic E-state index is 12.6. The Morgan fingerprint density at radius 3 is 3.00 bits per heavy atom. The highest BCUT2D eigenvalue weighted by atomic mass is 16.3. The first-order valence-corrected chi connectivity index (χ1v) is 7.92. The first-order chi connectivity index (χ1) is 10.2. The summed E-state index contributed by atoms with van der Waals surface area (Å²) in [5.74, 6) is 0.177. The van der Waals surface area contributed by atoms with Crippen molar-refractivity contribution in [1.29, 1.82) is 0 Å². The van der Waals surface area contributed by atoms with Gasteiger partial charge in [0.15, 0.2) is 0 Å². The molecule has 4 nitrogen and oxygen atoms in total. The van der Waals surface area contributed by atoms with Crippen molar-refractivity contribution < 1.29 is 9.90 Å². The third-order valence-corrected chi connectivity index (χ3v) is 4.24. The molecule has 0 spiro atoms. The van der Waals surface area contributed by atoms with Gasteiger partial charge >= 0.3 is 0 Å². The van der Waals surface area contributed by atoms with Crippen molar-refractivity contribution in [3.05, 3.63) is 29.8 Å². The van der Waals surface area contributed by atoms with E-state index in [2.05, 4.69) is 12.2 Å². The van der Waals surface area contributed by atoms with Gasteiger partial charge in [-0.05, 0) is 50.3 Å². The number of nitrogens with one attached hydrogen (secondary N) is 1. The molecule has 1 fully saturated rings. The summed E-state index contributed by atoms with van der Waals surface area (Å²) < 4.78 is 0. The Labute approximate surface area is 127 Å². The molecule has 1 saturated heterocycles. The van der Waals surface area contributed by atoms with Crippen LogP contribution < -0.4 is 5.32 Å². The Balaban J connectivity index is 2.01. The van der Waals surface area contributed by atoms with Crippen molar-refractivity contribution in [1.82, 2.24) is 4.90 Å². The molecule has 0 aliphatic carbocycles. The number of carbonyl (C=O) groups excluding carboxylic acids is 1. The van der Waals surface area contributed by atoms with Crippen molar-refractivity contribution in [3.63, 3.8) is 0 Å². The summed E-state index contributed by atoms with van der Waals surface area (Å²) in [5, 5.41) is 12.4. The van der Waals surface area contributed by atoms with E-state index in [1.165, 1.54) is 6.42 Å². The van der Waals surface area contributed by atoms with E-state index in [-0.39, 0.29) is 18.6 Å². The van der Waals surface area contributed by atoms with Gasteiger partial charge in [-0.15, -0.1) is 0 Å². The number of hydrogen-bond donors (Lipinski definition) is 2. The second-order valence-electron chi connectivity index (χ2n) is 5.81. The monoisotopic (exact) mass is 290 g/mol. The lowest BCUT2D eigenvalue weighted by molar-refractivity contribution is -0.135. The average Bonchev–Trinajstić information content (AvgIpc) is 2.54. The fourth-order valence-electron chi connectivity index (χ4n) is 3.04. The summed E-state index contributed by atoms with van der Waals surface area (Å²) in [7, 11) is 0. The van der Waals surface area contributed by atoms with Crippen LogP contribution in [0.5, 0.6) is 0 Å². The van der Waals surface area contributed by atoms with Gasteiger partial charge in [-0.1, -0.05) is 19.1 Å². The Bertz CT molecular complexity index is 476. The molecule has 1 aliphatic rings. The fraction of sp³-hybridized carbons (Fsp3) is 0.588. The summed E-state index contributed by atoms with van der Waals surface area (Å²) >= 11 is 0. The predicted molar refractivity (Wildman–Crippen MR) is 85.1 cm³/mol. The van der Waals surface area contributed by atoms with Gasteiger partial charge in [0, 0.05) is 18.3 Å². The topological polar surface area (TPSA) is 52.6 Å². The molecule has 2 unspecified atom stereocenters. The molecular formula is C17H26N2O2. The first-order valence-electron chi connectivity index (χ1n) is 7.92. The van der Waals surface area contributed by atoms with Crippen molar-refractivity contribution in [2.45, 2.75) is 58.2 Å². The highest BCUT2D eigenvalue weighted by Gasteiger charge is 2.28. The van der Waals surface area contributed by atoms with Crippen molar-refractivity contribution >= 4 is 11.6 Å². The van der Waals surface area contributed by atoms with Crippen LogP contribution in [0.25, 0.3) is 0 Å². The molecule has 2 N–H and O–H groups in total. The van der Waals surface area contributed by atoms with E-state index in [1.54, 1.807) is 0 Å². The van der Waals surface area contributed by atoms with Crippen LogP contribution in [0.2, 0.25) is 0 Å². The van der Waals surface area contributed by atoms with Crippen LogP contribution in [0.4, 0.5) is 5.69 Å². The third kappa shape index (κ3) is 3.97. The molecule has 0 radical (unpaired) electrons. The minimum absolute atomic E-state index is 0.0158. The first kappa shape index (κ1) is 15.8. The van der Waals surface area contributed by atoms with Crippen molar-refractivity contribution in [3.8, 4) is 0 Å². The smallest absolute Gasteiger partial charge is 0.245 e. The van der Waals surface area contributed by atoms with Gasteiger partial charge in [-0.25, -0.2) is 0 Å². The maximum atomic E-state index is 12.6. The molecule has 1 aromatic rings. The lowest BCUT2D eigenvalue weighted by Gasteiger charge is -2.37. The lowest BCUT2D eigenvalue weighted by Crippen LogP contribution is -2.49. The van der Waals surface area contributed by atoms with Gasteiger partial charge in [0.25, 0.3) is 0 Å². The number of nitrogens with zero attached hydrogens (tertiary/aromatic N) is 1. The summed E-state index contributed by atoms with van der Waals surface area (Å²) in [5.41, 5.74) is 1.73. The Kier molecular flexibility index (Phi) is 5.62. The van der Waals surface area contributed by atoms with Crippen LogP contribution >= 0.6 is 0 Å². The Hall–Kier alpha value is -1.55. The van der Waals surface area contributed by atoms with E-state index in [4.69, 9.17) is 0 Å². The molecule has 1 amide bonds. The molecular weight excluding hydrogens is 264 g/mol. The highest BCUT2D eigenvalue weighted by Crippen LogP contribution is 2.21. The van der Waals surface area contributed by atoms with E-state index in [0.717, 1.165) is 37.1 Å². The van der Waals surface area contributed by atoms with E-state index in [9.17, 15) is 9.90 Å². The van der Waals surface area contributed by atoms with E-state index in [0.29, 0.717) is 6.04 Å². The van der Waals surface area contributed by atoms with Crippen LogP contribution in [-0.4, -0.2) is 34.5 Å². The van der Waals surface area contributed by atoms with Crippen molar-refractivity contribution in [2.24, 2.45) is 0 Å². The normalized spacial score (nSPS) is 20.1. The largest absolute Gasteiger partial charge is 0.392 e. The average molecular weight is 290 g/mol. The molecule has 2 atom stereocenters. The minimum Gasteiger partial charge on any atom is -0.392 e. The van der Waals surface area contributed by atoms with Crippen LogP contribution in [-0.2, 0) is 11.4 Å². The number of aliphatic hydroxyl groups is 1. The van der Waals surface area contributed by atoms with Gasteiger partial charge in [-0.3, -0.25) is 4.79 Å². The minimum atomic E-state index is -0.244. The summed E-state index contributed by atoms with van der Waals surface area (Å²) in [4.78, 5) is 14.7. The number of amides is 1. The van der Waals surface area contributed by atoms with Crippen LogP contribution in [0, 0.1) is 0 Å². The molecule has 0 bridgehead atoms. The molecule has 0 saturated carbocycles. The number of rotatable bonds is 5. The molecule has 1 heterocycles. The van der Waals surface area contributed by atoms with Gasteiger partial charge in [-0.2, -0.15) is 0 Å². The molecule has 1 aliphatic heterocycles. The summed E-state index contributed by atoms with van der Waals surface area (Å²) in [6.07, 6.45) is 4.48. The second kappa shape index (κ2) is 7.46. The highest BCUT2D eigenvalue weighted by molar-refractivity contribution is 5.84. The van der Waals surface area contributed by atoms with Gasteiger partial charge < -0.3 is 15.3 Å². The number of likely N-dealkylation sites (tertiary alicyclic amines) is 1.